The number of carbonyl (C=O) groups excluding carboxylic acids is 1. The third kappa shape index (κ3) is 6.88. The number of hydrogen-bond acceptors (Lipinski definition) is 3. The fourth-order valence-electron chi connectivity index (χ4n) is 2.42. The lowest BCUT2D eigenvalue weighted by Crippen LogP contribution is -2.37. The van der Waals surface area contributed by atoms with Crippen molar-refractivity contribution in [2.75, 3.05) is 20.1 Å². The first-order valence-electron chi connectivity index (χ1n) is 9.07. The summed E-state index contributed by atoms with van der Waals surface area (Å²) in [4.78, 5) is 17.6. The van der Waals surface area contributed by atoms with E-state index in [2.05, 4.69) is 45.4 Å². The van der Waals surface area contributed by atoms with Crippen LogP contribution in [0.25, 0.3) is 0 Å². The van der Waals surface area contributed by atoms with Gasteiger partial charge in [0.05, 0.1) is 0 Å². The Balaban J connectivity index is 1.74. The zero-order chi connectivity index (χ0) is 18.6. The van der Waals surface area contributed by atoms with Gasteiger partial charge in [0.15, 0.2) is 5.96 Å². The molecule has 0 saturated carbocycles. The van der Waals surface area contributed by atoms with Crippen molar-refractivity contribution in [3.05, 3.63) is 57.8 Å². The maximum atomic E-state index is 12.0. The van der Waals surface area contributed by atoms with Crippen molar-refractivity contribution in [1.29, 1.82) is 0 Å². The van der Waals surface area contributed by atoms with Crippen LogP contribution in [0, 0.1) is 0 Å². The fourth-order valence-corrected chi connectivity index (χ4v) is 3.13. The molecule has 1 heterocycles. The molecule has 1 aromatic heterocycles. The minimum absolute atomic E-state index is 0.0102. The minimum Gasteiger partial charge on any atom is -0.356 e. The average molecular weight is 373 g/mol. The van der Waals surface area contributed by atoms with Crippen LogP contribution in [0.4, 0.5) is 0 Å². The highest BCUT2D eigenvalue weighted by Crippen LogP contribution is 2.08. The number of hydrogen-bond donors (Lipinski definition) is 3. The molecule has 0 spiro atoms. The van der Waals surface area contributed by atoms with Crippen molar-refractivity contribution >= 4 is 23.2 Å². The standard InChI is InChI=1S/C20H28N4OS/c1-3-4-12-22-19(25)17-9-7-16(8-10-17)15-24-20(21-2)23-13-11-18-6-5-14-26-18/h5-10,14H,3-4,11-13,15H2,1-2H3,(H,22,25)(H2,21,23,24). The minimum atomic E-state index is -0.0102. The summed E-state index contributed by atoms with van der Waals surface area (Å²) in [5, 5.41) is 11.6. The molecule has 3 N–H and O–H groups in total. The molecule has 140 valence electrons. The van der Waals surface area contributed by atoms with Crippen LogP contribution in [0.5, 0.6) is 0 Å². The van der Waals surface area contributed by atoms with E-state index in [0.29, 0.717) is 12.1 Å². The number of carbonyl (C=O) groups is 1. The molecule has 0 saturated heterocycles. The SMILES string of the molecule is CCCCNC(=O)c1ccc(CNC(=NC)NCCc2cccs2)cc1. The van der Waals surface area contributed by atoms with E-state index in [4.69, 9.17) is 0 Å². The van der Waals surface area contributed by atoms with E-state index in [0.717, 1.165) is 43.9 Å². The smallest absolute Gasteiger partial charge is 0.251 e. The Kier molecular flexibility index (Phi) is 8.69. The summed E-state index contributed by atoms with van der Waals surface area (Å²) >= 11 is 1.77. The monoisotopic (exact) mass is 372 g/mol. The maximum Gasteiger partial charge on any atom is 0.251 e. The highest BCUT2D eigenvalue weighted by molar-refractivity contribution is 7.09. The molecule has 0 fully saturated rings. The van der Waals surface area contributed by atoms with Crippen LogP contribution < -0.4 is 16.0 Å². The summed E-state index contributed by atoms with van der Waals surface area (Å²) < 4.78 is 0. The van der Waals surface area contributed by atoms with Gasteiger partial charge in [-0.2, -0.15) is 0 Å². The zero-order valence-electron chi connectivity index (χ0n) is 15.5. The number of benzene rings is 1. The molecule has 5 nitrogen and oxygen atoms in total. The summed E-state index contributed by atoms with van der Waals surface area (Å²) in [5.41, 5.74) is 1.81. The first-order valence-corrected chi connectivity index (χ1v) is 9.95. The summed E-state index contributed by atoms with van der Waals surface area (Å²) in [5.74, 6) is 0.770. The van der Waals surface area contributed by atoms with Crippen molar-refractivity contribution in [1.82, 2.24) is 16.0 Å². The van der Waals surface area contributed by atoms with Crippen LogP contribution in [0.1, 0.15) is 40.6 Å². The first kappa shape index (κ1) is 20.0. The number of thiophene rings is 1. The molecule has 6 heteroatoms. The number of nitrogens with one attached hydrogen (secondary N) is 3. The molecule has 0 aliphatic carbocycles. The van der Waals surface area contributed by atoms with Crippen molar-refractivity contribution in [3.63, 3.8) is 0 Å². The van der Waals surface area contributed by atoms with Gasteiger partial charge in [-0.1, -0.05) is 31.5 Å². The van der Waals surface area contributed by atoms with Crippen molar-refractivity contribution in [2.45, 2.75) is 32.7 Å². The van der Waals surface area contributed by atoms with Crippen LogP contribution >= 0.6 is 11.3 Å². The van der Waals surface area contributed by atoms with Gasteiger partial charge in [0.25, 0.3) is 5.91 Å². The lowest BCUT2D eigenvalue weighted by molar-refractivity contribution is 0.0953. The highest BCUT2D eigenvalue weighted by Gasteiger charge is 2.05. The Hall–Kier alpha value is -2.34. The van der Waals surface area contributed by atoms with Gasteiger partial charge in [0.1, 0.15) is 0 Å². The van der Waals surface area contributed by atoms with Gasteiger partial charge >= 0.3 is 0 Å². The van der Waals surface area contributed by atoms with E-state index in [9.17, 15) is 4.79 Å². The molecule has 0 atom stereocenters. The number of nitrogens with zero attached hydrogens (tertiary/aromatic N) is 1. The topological polar surface area (TPSA) is 65.5 Å². The number of amides is 1. The number of unbranched alkanes of at least 4 members (excludes halogenated alkanes) is 1. The Labute approximate surface area is 159 Å². The molecule has 0 radical (unpaired) electrons. The molecule has 1 amide bonds. The van der Waals surface area contributed by atoms with E-state index in [1.54, 1.807) is 18.4 Å². The molecule has 1 aromatic carbocycles. The molecule has 0 bridgehead atoms. The van der Waals surface area contributed by atoms with Gasteiger partial charge in [-0.05, 0) is 42.0 Å². The first-order chi connectivity index (χ1) is 12.7. The van der Waals surface area contributed by atoms with Crippen molar-refractivity contribution in [3.8, 4) is 0 Å². The van der Waals surface area contributed by atoms with Crippen LogP contribution in [0.15, 0.2) is 46.8 Å². The molecule has 0 aliphatic heterocycles. The summed E-state index contributed by atoms with van der Waals surface area (Å²) in [6.07, 6.45) is 3.07. The predicted molar refractivity (Wildman–Crippen MR) is 110 cm³/mol. The normalized spacial score (nSPS) is 11.2. The second-order valence-electron chi connectivity index (χ2n) is 5.99. The van der Waals surface area contributed by atoms with Gasteiger partial charge in [0.2, 0.25) is 0 Å². The largest absolute Gasteiger partial charge is 0.356 e. The van der Waals surface area contributed by atoms with E-state index in [1.807, 2.05) is 24.3 Å². The molecular weight excluding hydrogens is 344 g/mol. The maximum absolute atomic E-state index is 12.0. The third-order valence-electron chi connectivity index (χ3n) is 3.96. The Morgan fingerprint density at radius 2 is 1.88 bits per heavy atom. The Morgan fingerprint density at radius 1 is 1.08 bits per heavy atom. The molecule has 2 aromatic rings. The summed E-state index contributed by atoms with van der Waals surface area (Å²) in [6.45, 7) is 4.35. The third-order valence-corrected chi connectivity index (χ3v) is 4.90. The highest BCUT2D eigenvalue weighted by atomic mass is 32.1. The number of aliphatic imine (C=N–C) groups is 1. The van der Waals surface area contributed by atoms with Crippen LogP contribution in [0.2, 0.25) is 0 Å². The molecular formula is C20H28N4OS. The van der Waals surface area contributed by atoms with Gasteiger partial charge in [0, 0.05) is 37.1 Å². The zero-order valence-corrected chi connectivity index (χ0v) is 16.4. The van der Waals surface area contributed by atoms with E-state index < -0.39 is 0 Å². The van der Waals surface area contributed by atoms with E-state index >= 15 is 0 Å². The van der Waals surface area contributed by atoms with E-state index in [1.165, 1.54) is 4.88 Å². The van der Waals surface area contributed by atoms with Crippen molar-refractivity contribution < 1.29 is 4.79 Å². The number of guanidine groups is 1. The second-order valence-corrected chi connectivity index (χ2v) is 7.02. The van der Waals surface area contributed by atoms with Crippen molar-refractivity contribution in [2.24, 2.45) is 4.99 Å². The van der Waals surface area contributed by atoms with Crippen LogP contribution in [-0.4, -0.2) is 32.0 Å². The van der Waals surface area contributed by atoms with Gasteiger partial charge in [-0.3, -0.25) is 9.79 Å². The lowest BCUT2D eigenvalue weighted by Gasteiger charge is -2.12. The fraction of sp³-hybridized carbons (Fsp3) is 0.400. The second kappa shape index (κ2) is 11.3. The van der Waals surface area contributed by atoms with Crippen LogP contribution in [-0.2, 0) is 13.0 Å². The molecule has 0 aliphatic rings. The lowest BCUT2D eigenvalue weighted by atomic mass is 10.1. The summed E-state index contributed by atoms with van der Waals surface area (Å²) in [6, 6.07) is 11.9. The predicted octanol–water partition coefficient (Wildman–Crippen LogP) is 3.19. The van der Waals surface area contributed by atoms with Crippen LogP contribution in [0.3, 0.4) is 0 Å². The van der Waals surface area contributed by atoms with Gasteiger partial charge in [-0.15, -0.1) is 11.3 Å². The Morgan fingerprint density at radius 3 is 2.54 bits per heavy atom. The number of rotatable bonds is 9. The van der Waals surface area contributed by atoms with Gasteiger partial charge in [-0.25, -0.2) is 0 Å². The van der Waals surface area contributed by atoms with E-state index in [-0.39, 0.29) is 5.91 Å². The molecule has 0 unspecified atom stereocenters. The average Bonchev–Trinajstić information content (AvgIpc) is 3.18. The Bertz CT molecular complexity index is 680. The molecule has 2 rings (SSSR count). The van der Waals surface area contributed by atoms with Gasteiger partial charge < -0.3 is 16.0 Å². The quantitative estimate of drug-likeness (QED) is 0.360. The summed E-state index contributed by atoms with van der Waals surface area (Å²) in [7, 11) is 1.77. The molecule has 26 heavy (non-hydrogen) atoms.